The SMILES string of the molecule is COc1ccc2cc1C1[C@@H](C(=O)O)[C@H](c3ccccc3OC)[C@@H]1C(=O)O[C@@H]1CCCCC1c1cccc-2c1. The number of hydrogen-bond acceptors (Lipinski definition) is 5. The molecule has 2 aliphatic carbocycles. The van der Waals surface area contributed by atoms with E-state index >= 15 is 0 Å². The van der Waals surface area contributed by atoms with Gasteiger partial charge in [0.1, 0.15) is 17.6 Å². The molecule has 3 aromatic carbocycles. The highest BCUT2D eigenvalue weighted by molar-refractivity contribution is 5.86. The van der Waals surface area contributed by atoms with E-state index in [-0.39, 0.29) is 18.0 Å². The Morgan fingerprint density at radius 3 is 2.32 bits per heavy atom. The highest BCUT2D eigenvalue weighted by atomic mass is 16.5. The van der Waals surface area contributed by atoms with Gasteiger partial charge in [0.05, 0.1) is 26.1 Å². The van der Waals surface area contributed by atoms with Crippen LogP contribution in [-0.2, 0) is 14.3 Å². The fraction of sp³-hybridized carbons (Fsp3) is 0.375. The summed E-state index contributed by atoms with van der Waals surface area (Å²) >= 11 is 0. The summed E-state index contributed by atoms with van der Waals surface area (Å²) in [5, 5.41) is 10.5. The molecule has 2 saturated carbocycles. The first-order valence-corrected chi connectivity index (χ1v) is 13.4. The quantitative estimate of drug-likeness (QED) is 0.422. The van der Waals surface area contributed by atoms with Crippen LogP contribution in [0.25, 0.3) is 11.1 Å². The van der Waals surface area contributed by atoms with Gasteiger partial charge < -0.3 is 19.3 Å². The van der Waals surface area contributed by atoms with Crippen molar-refractivity contribution in [1.82, 2.24) is 0 Å². The molecule has 6 heteroatoms. The minimum Gasteiger partial charge on any atom is -0.496 e. The molecule has 196 valence electrons. The summed E-state index contributed by atoms with van der Waals surface area (Å²) in [5.41, 5.74) is 4.65. The predicted octanol–water partition coefficient (Wildman–Crippen LogP) is 6.15. The van der Waals surface area contributed by atoms with Crippen LogP contribution in [0.5, 0.6) is 11.5 Å². The van der Waals surface area contributed by atoms with Gasteiger partial charge >= 0.3 is 11.9 Å². The number of fused-ring (bicyclic) bond motifs is 9. The Hall–Kier alpha value is -3.80. The van der Waals surface area contributed by atoms with Crippen molar-refractivity contribution in [2.45, 2.75) is 49.5 Å². The van der Waals surface area contributed by atoms with E-state index in [0.29, 0.717) is 17.1 Å². The Kier molecular flexibility index (Phi) is 6.34. The van der Waals surface area contributed by atoms with Crippen molar-refractivity contribution in [3.05, 3.63) is 83.4 Å². The second-order valence-electron chi connectivity index (χ2n) is 10.6. The van der Waals surface area contributed by atoms with Crippen LogP contribution >= 0.6 is 0 Å². The summed E-state index contributed by atoms with van der Waals surface area (Å²) in [5.74, 6) is -2.75. The lowest BCUT2D eigenvalue weighted by molar-refractivity contribution is -0.170. The molecule has 3 aromatic rings. The average molecular weight is 513 g/mol. The first-order chi connectivity index (χ1) is 18.5. The fourth-order valence-corrected chi connectivity index (χ4v) is 7.03. The molecule has 2 unspecified atom stereocenters. The minimum atomic E-state index is -0.952. The first kappa shape index (κ1) is 24.5. The van der Waals surface area contributed by atoms with Crippen LogP contribution in [0.1, 0.15) is 60.1 Å². The van der Waals surface area contributed by atoms with E-state index in [1.807, 2.05) is 42.5 Å². The van der Waals surface area contributed by atoms with Crippen LogP contribution in [0, 0.1) is 11.8 Å². The second kappa shape index (κ2) is 9.82. The highest BCUT2D eigenvalue weighted by Crippen LogP contribution is 2.61. The van der Waals surface area contributed by atoms with Crippen molar-refractivity contribution in [1.29, 1.82) is 0 Å². The van der Waals surface area contributed by atoms with Crippen LogP contribution < -0.4 is 9.47 Å². The zero-order valence-corrected chi connectivity index (χ0v) is 21.6. The zero-order valence-electron chi connectivity index (χ0n) is 21.6. The van der Waals surface area contributed by atoms with Gasteiger partial charge in [-0.25, -0.2) is 0 Å². The number of methoxy groups -OCH3 is 2. The van der Waals surface area contributed by atoms with Gasteiger partial charge in [-0.15, -0.1) is 0 Å². The maximum Gasteiger partial charge on any atom is 0.310 e. The third-order valence-electron chi connectivity index (χ3n) is 8.81. The van der Waals surface area contributed by atoms with Crippen LogP contribution in [0.4, 0.5) is 0 Å². The average Bonchev–Trinajstić information content (AvgIpc) is 2.92. The van der Waals surface area contributed by atoms with Crippen molar-refractivity contribution in [2.24, 2.45) is 11.8 Å². The topological polar surface area (TPSA) is 82.1 Å². The number of rotatable bonds is 4. The Balaban J connectivity index is 1.56. The highest BCUT2D eigenvalue weighted by Gasteiger charge is 2.61. The first-order valence-electron chi connectivity index (χ1n) is 13.4. The van der Waals surface area contributed by atoms with E-state index in [0.717, 1.165) is 42.4 Å². The maximum atomic E-state index is 14.1. The van der Waals surface area contributed by atoms with E-state index in [1.165, 1.54) is 5.56 Å². The Labute approximate surface area is 222 Å². The number of carboxylic acid groups (broad SMARTS) is 1. The third-order valence-corrected chi connectivity index (χ3v) is 8.81. The third kappa shape index (κ3) is 3.94. The van der Waals surface area contributed by atoms with Crippen molar-refractivity contribution in [2.75, 3.05) is 14.2 Å². The molecule has 4 bridgehead atoms. The Morgan fingerprint density at radius 2 is 1.53 bits per heavy atom. The molecule has 0 amide bonds. The number of carbonyl (C=O) groups is 2. The monoisotopic (exact) mass is 512 g/mol. The number of aliphatic carboxylic acids is 1. The van der Waals surface area contributed by atoms with Gasteiger partial charge in [-0.1, -0.05) is 55.0 Å². The largest absolute Gasteiger partial charge is 0.496 e. The Bertz CT molecular complexity index is 1380. The predicted molar refractivity (Wildman–Crippen MR) is 143 cm³/mol. The molecule has 1 heterocycles. The molecule has 0 saturated heterocycles. The number of esters is 1. The lowest BCUT2D eigenvalue weighted by Gasteiger charge is -2.50. The second-order valence-corrected chi connectivity index (χ2v) is 10.6. The van der Waals surface area contributed by atoms with E-state index in [4.69, 9.17) is 14.2 Å². The van der Waals surface area contributed by atoms with Gasteiger partial charge in [-0.05, 0) is 65.3 Å². The molecule has 6 rings (SSSR count). The number of ether oxygens (including phenoxy) is 3. The van der Waals surface area contributed by atoms with Crippen molar-refractivity contribution in [3.63, 3.8) is 0 Å². The molecule has 0 radical (unpaired) electrons. The lowest BCUT2D eigenvalue weighted by atomic mass is 9.52. The van der Waals surface area contributed by atoms with Gasteiger partial charge in [0.15, 0.2) is 0 Å². The maximum absolute atomic E-state index is 14.1. The van der Waals surface area contributed by atoms with E-state index in [2.05, 4.69) is 24.3 Å². The van der Waals surface area contributed by atoms with Gasteiger partial charge in [0.25, 0.3) is 0 Å². The summed E-state index contributed by atoms with van der Waals surface area (Å²) < 4.78 is 17.7. The smallest absolute Gasteiger partial charge is 0.310 e. The standard InChI is InChI=1S/C32H32O6/c1-36-24-12-5-4-11-22(24)27-29(31(33)34)28-23-17-19(14-15-25(23)37-2)18-8-7-9-20(16-18)21-10-3-6-13-26(21)38-32(35)30(27)28/h4-5,7-9,11-12,14-17,21,26-30H,3,6,10,13H2,1-2H3,(H,33,34)/t21?,26-,27+,28?,29+,30+/m1/s1. The summed E-state index contributed by atoms with van der Waals surface area (Å²) in [6.45, 7) is 0. The number of carboxylic acids is 1. The molecular formula is C32H32O6. The van der Waals surface area contributed by atoms with Crippen molar-refractivity contribution >= 4 is 11.9 Å². The summed E-state index contributed by atoms with van der Waals surface area (Å²) in [4.78, 5) is 27.0. The van der Waals surface area contributed by atoms with Crippen LogP contribution in [-0.4, -0.2) is 37.4 Å². The summed E-state index contributed by atoms with van der Waals surface area (Å²) in [6, 6.07) is 21.7. The number of para-hydroxylation sites is 1. The molecule has 0 spiro atoms. The summed E-state index contributed by atoms with van der Waals surface area (Å²) in [7, 11) is 3.14. The molecule has 6 nitrogen and oxygen atoms in total. The minimum absolute atomic E-state index is 0.114. The zero-order chi connectivity index (χ0) is 26.4. The molecule has 1 N–H and O–H groups in total. The lowest BCUT2D eigenvalue weighted by Crippen LogP contribution is -2.52. The molecule has 3 aliphatic rings. The van der Waals surface area contributed by atoms with E-state index < -0.39 is 29.6 Å². The fourth-order valence-electron chi connectivity index (χ4n) is 7.03. The molecule has 2 fully saturated rings. The van der Waals surface area contributed by atoms with Crippen LogP contribution in [0.15, 0.2) is 66.7 Å². The van der Waals surface area contributed by atoms with Gasteiger partial charge in [0.2, 0.25) is 0 Å². The number of hydrogen-bond donors (Lipinski definition) is 1. The van der Waals surface area contributed by atoms with Crippen molar-refractivity contribution in [3.8, 4) is 22.6 Å². The van der Waals surface area contributed by atoms with Gasteiger partial charge in [0, 0.05) is 17.8 Å². The Morgan fingerprint density at radius 1 is 0.816 bits per heavy atom. The summed E-state index contributed by atoms with van der Waals surface area (Å²) in [6.07, 6.45) is 3.61. The molecular weight excluding hydrogens is 480 g/mol. The molecule has 0 aromatic heterocycles. The van der Waals surface area contributed by atoms with Crippen LogP contribution in [0.3, 0.4) is 0 Å². The van der Waals surface area contributed by atoms with Gasteiger partial charge in [-0.2, -0.15) is 0 Å². The normalized spacial score (nSPS) is 27.8. The molecule has 1 aliphatic heterocycles. The molecule has 6 atom stereocenters. The number of benzene rings is 3. The van der Waals surface area contributed by atoms with Crippen molar-refractivity contribution < 1.29 is 28.9 Å². The molecule has 38 heavy (non-hydrogen) atoms. The van der Waals surface area contributed by atoms with Crippen LogP contribution in [0.2, 0.25) is 0 Å². The van der Waals surface area contributed by atoms with E-state index in [1.54, 1.807) is 14.2 Å². The number of carbonyl (C=O) groups excluding carboxylic acids is 1. The van der Waals surface area contributed by atoms with Gasteiger partial charge in [-0.3, -0.25) is 9.59 Å². The van der Waals surface area contributed by atoms with E-state index in [9.17, 15) is 14.7 Å².